The lowest BCUT2D eigenvalue weighted by Crippen LogP contribution is -2.46. The Morgan fingerprint density at radius 2 is 1.51 bits per heavy atom. The summed E-state index contributed by atoms with van der Waals surface area (Å²) in [6.07, 6.45) is -3.68. The maximum absolute atomic E-state index is 12.9. The van der Waals surface area contributed by atoms with Crippen LogP contribution in [-0.2, 0) is 16.2 Å². The third kappa shape index (κ3) is 6.06. The molecule has 4 nitrogen and oxygen atoms in total. The summed E-state index contributed by atoms with van der Waals surface area (Å²) in [7, 11) is -4.03. The molecule has 0 saturated carbocycles. The molecule has 1 N–H and O–H groups in total. The van der Waals surface area contributed by atoms with Gasteiger partial charge in [0, 0.05) is 22.6 Å². The maximum atomic E-state index is 12.9. The van der Waals surface area contributed by atoms with Crippen molar-refractivity contribution in [2.75, 3.05) is 11.4 Å². The van der Waals surface area contributed by atoms with E-state index >= 15 is 0 Å². The zero-order valence-electron chi connectivity index (χ0n) is 18.1. The lowest BCUT2D eigenvalue weighted by atomic mass is 9.91. The minimum Gasteiger partial charge on any atom is -0.363 e. The number of alkyl halides is 3. The van der Waals surface area contributed by atoms with E-state index in [1.807, 2.05) is 18.2 Å². The highest BCUT2D eigenvalue weighted by Crippen LogP contribution is 2.40. The van der Waals surface area contributed by atoms with Crippen molar-refractivity contribution in [1.82, 2.24) is 4.72 Å². The Balaban J connectivity index is 1.59. The van der Waals surface area contributed by atoms with Crippen LogP contribution < -0.4 is 9.62 Å². The first-order chi connectivity index (χ1) is 16.4. The van der Waals surface area contributed by atoms with Crippen molar-refractivity contribution in [2.24, 2.45) is 0 Å². The Morgan fingerprint density at radius 1 is 0.886 bits per heavy atom. The summed E-state index contributed by atoms with van der Waals surface area (Å²) in [5.74, 6) is 0. The third-order valence-electron chi connectivity index (χ3n) is 5.89. The van der Waals surface area contributed by atoms with Crippen molar-refractivity contribution in [2.45, 2.75) is 36.0 Å². The van der Waals surface area contributed by atoms with Crippen molar-refractivity contribution < 1.29 is 21.6 Å². The van der Waals surface area contributed by atoms with Crippen LogP contribution >= 0.6 is 34.8 Å². The van der Waals surface area contributed by atoms with E-state index in [0.717, 1.165) is 35.5 Å². The molecule has 0 amide bonds. The molecule has 2 atom stereocenters. The molecule has 11 heteroatoms. The standard InChI is InChI=1S/C24H20Cl3F3N2O2S/c25-17-5-1-15(2-6-17)23-14-19(11-12-32(23)22-10-7-18(26)13-21(22)27)31-35(33,34)20-8-3-16(4-9-20)24(28,29)30/h1-10,13,19,23,31H,11-12,14H2. The predicted molar refractivity (Wildman–Crippen MR) is 133 cm³/mol. The molecule has 3 aromatic rings. The molecule has 0 aromatic heterocycles. The zero-order chi connectivity index (χ0) is 25.4. The molecule has 1 aliphatic heterocycles. The van der Waals surface area contributed by atoms with Gasteiger partial charge in [0.2, 0.25) is 10.0 Å². The number of hydrogen-bond donors (Lipinski definition) is 1. The summed E-state index contributed by atoms with van der Waals surface area (Å²) in [4.78, 5) is 1.86. The molecule has 0 radical (unpaired) electrons. The van der Waals surface area contributed by atoms with E-state index in [4.69, 9.17) is 34.8 Å². The Labute approximate surface area is 216 Å². The van der Waals surface area contributed by atoms with Crippen molar-refractivity contribution in [1.29, 1.82) is 0 Å². The number of piperidine rings is 1. The summed E-state index contributed by atoms with van der Waals surface area (Å²) in [6.45, 7) is 0.481. The van der Waals surface area contributed by atoms with Crippen LogP contribution in [0, 0.1) is 0 Å². The van der Waals surface area contributed by atoms with E-state index < -0.39 is 27.8 Å². The highest BCUT2D eigenvalue weighted by atomic mass is 35.5. The monoisotopic (exact) mass is 562 g/mol. The largest absolute Gasteiger partial charge is 0.416 e. The van der Waals surface area contributed by atoms with E-state index in [9.17, 15) is 21.6 Å². The van der Waals surface area contributed by atoms with Crippen LogP contribution in [0.4, 0.5) is 18.9 Å². The Kier molecular flexibility index (Phi) is 7.60. The van der Waals surface area contributed by atoms with Crippen LogP contribution in [0.1, 0.15) is 30.0 Å². The van der Waals surface area contributed by atoms with E-state index in [0.29, 0.717) is 34.5 Å². The van der Waals surface area contributed by atoms with Crippen molar-refractivity contribution in [3.8, 4) is 0 Å². The Hall–Kier alpha value is -1.97. The van der Waals surface area contributed by atoms with Crippen LogP contribution in [0.5, 0.6) is 0 Å². The molecular formula is C24H20Cl3F3N2O2S. The first kappa shape index (κ1) is 26.1. The molecule has 186 valence electrons. The van der Waals surface area contributed by atoms with Crippen LogP contribution in [-0.4, -0.2) is 21.0 Å². The van der Waals surface area contributed by atoms with Gasteiger partial charge in [-0.2, -0.15) is 13.2 Å². The van der Waals surface area contributed by atoms with E-state index in [2.05, 4.69) is 9.62 Å². The molecule has 2 unspecified atom stereocenters. The molecule has 0 spiro atoms. The minimum absolute atomic E-state index is 0.225. The van der Waals surface area contributed by atoms with E-state index in [1.165, 1.54) is 0 Å². The normalized spacial score (nSPS) is 19.1. The average Bonchev–Trinajstić information content (AvgIpc) is 2.79. The molecule has 1 saturated heterocycles. The van der Waals surface area contributed by atoms with Gasteiger partial charge in [-0.3, -0.25) is 0 Å². The van der Waals surface area contributed by atoms with E-state index in [1.54, 1.807) is 24.3 Å². The molecule has 0 bridgehead atoms. The van der Waals surface area contributed by atoms with Crippen LogP contribution in [0.15, 0.2) is 71.6 Å². The van der Waals surface area contributed by atoms with Crippen LogP contribution in [0.3, 0.4) is 0 Å². The molecule has 35 heavy (non-hydrogen) atoms. The number of rotatable bonds is 5. The quantitative estimate of drug-likeness (QED) is 0.353. The number of hydrogen-bond acceptors (Lipinski definition) is 3. The SMILES string of the molecule is O=S(=O)(NC1CCN(c2ccc(Cl)cc2Cl)C(c2ccc(Cl)cc2)C1)c1ccc(C(F)(F)F)cc1. The van der Waals surface area contributed by atoms with Gasteiger partial charge in [-0.1, -0.05) is 46.9 Å². The minimum atomic E-state index is -4.54. The second-order valence-electron chi connectivity index (χ2n) is 8.22. The average molecular weight is 564 g/mol. The first-order valence-corrected chi connectivity index (χ1v) is 13.2. The fourth-order valence-electron chi connectivity index (χ4n) is 4.19. The number of halogens is 6. The molecular weight excluding hydrogens is 544 g/mol. The van der Waals surface area contributed by atoms with Gasteiger partial charge in [0.15, 0.2) is 0 Å². The van der Waals surface area contributed by atoms with Gasteiger partial charge >= 0.3 is 6.18 Å². The fourth-order valence-corrected chi connectivity index (χ4v) is 6.11. The van der Waals surface area contributed by atoms with Gasteiger partial charge in [0.25, 0.3) is 0 Å². The second-order valence-corrected chi connectivity index (χ2v) is 11.2. The molecule has 1 fully saturated rings. The maximum Gasteiger partial charge on any atom is 0.416 e. The molecule has 1 heterocycles. The van der Waals surface area contributed by atoms with Crippen LogP contribution in [0.2, 0.25) is 15.1 Å². The van der Waals surface area contributed by atoms with Gasteiger partial charge in [-0.25, -0.2) is 13.1 Å². The second kappa shape index (κ2) is 10.2. The van der Waals surface area contributed by atoms with Gasteiger partial charge in [-0.15, -0.1) is 0 Å². The van der Waals surface area contributed by atoms with Crippen molar-refractivity contribution in [3.63, 3.8) is 0 Å². The van der Waals surface area contributed by atoms with Gasteiger partial charge in [-0.05, 0) is 73.0 Å². The highest BCUT2D eigenvalue weighted by molar-refractivity contribution is 7.89. The van der Waals surface area contributed by atoms with Crippen molar-refractivity contribution >= 4 is 50.5 Å². The Morgan fingerprint density at radius 3 is 2.11 bits per heavy atom. The summed E-state index contributed by atoms with van der Waals surface area (Å²) < 4.78 is 67.1. The number of benzene rings is 3. The molecule has 4 rings (SSSR count). The smallest absolute Gasteiger partial charge is 0.363 e. The zero-order valence-corrected chi connectivity index (χ0v) is 21.2. The molecule has 3 aromatic carbocycles. The molecule has 0 aliphatic carbocycles. The van der Waals surface area contributed by atoms with Gasteiger partial charge in [0.1, 0.15) is 0 Å². The summed E-state index contributed by atoms with van der Waals surface area (Å²) in [6, 6.07) is 15.2. The number of anilines is 1. The lowest BCUT2D eigenvalue weighted by Gasteiger charge is -2.42. The predicted octanol–water partition coefficient (Wildman–Crippen LogP) is 7.35. The van der Waals surface area contributed by atoms with Gasteiger partial charge in [0.05, 0.1) is 27.2 Å². The van der Waals surface area contributed by atoms with Gasteiger partial charge < -0.3 is 4.90 Å². The summed E-state index contributed by atoms with van der Waals surface area (Å²) >= 11 is 18.6. The summed E-state index contributed by atoms with van der Waals surface area (Å²) in [5.41, 5.74) is 0.770. The van der Waals surface area contributed by atoms with Crippen molar-refractivity contribution in [3.05, 3.63) is 92.9 Å². The first-order valence-electron chi connectivity index (χ1n) is 10.6. The third-order valence-corrected chi connectivity index (χ3v) is 8.22. The lowest BCUT2D eigenvalue weighted by molar-refractivity contribution is -0.137. The van der Waals surface area contributed by atoms with E-state index in [-0.39, 0.29) is 10.9 Å². The van der Waals surface area contributed by atoms with Crippen LogP contribution in [0.25, 0.3) is 0 Å². The highest BCUT2D eigenvalue weighted by Gasteiger charge is 2.34. The Bertz CT molecular complexity index is 1300. The number of sulfonamides is 1. The molecule has 1 aliphatic rings. The fraction of sp³-hybridized carbons (Fsp3) is 0.250. The number of nitrogens with one attached hydrogen (secondary N) is 1. The number of nitrogens with zero attached hydrogens (tertiary/aromatic N) is 1. The topological polar surface area (TPSA) is 49.4 Å². The summed E-state index contributed by atoms with van der Waals surface area (Å²) in [5, 5.41) is 1.54.